The van der Waals surface area contributed by atoms with E-state index in [9.17, 15) is 14.7 Å². The normalized spacial score (nSPS) is 18.7. The molecule has 5 heteroatoms. The van der Waals surface area contributed by atoms with Crippen molar-refractivity contribution in [1.82, 2.24) is 4.90 Å². The van der Waals surface area contributed by atoms with Crippen molar-refractivity contribution >= 4 is 17.7 Å². The van der Waals surface area contributed by atoms with Crippen molar-refractivity contribution in [3.05, 3.63) is 29.3 Å². The number of benzene rings is 1. The molecule has 1 fully saturated rings. The fourth-order valence-corrected chi connectivity index (χ4v) is 2.64. The molecule has 2 N–H and O–H groups in total. The van der Waals surface area contributed by atoms with Crippen LogP contribution in [-0.2, 0) is 0 Å². The van der Waals surface area contributed by atoms with Gasteiger partial charge >= 0.3 is 12.0 Å². The first kappa shape index (κ1) is 14.4. The molecule has 1 unspecified atom stereocenters. The number of piperidine rings is 1. The summed E-state index contributed by atoms with van der Waals surface area (Å²) < 4.78 is 0. The van der Waals surface area contributed by atoms with Crippen LogP contribution in [0.5, 0.6) is 0 Å². The number of rotatable bonds is 2. The molecular weight excluding hydrogens is 256 g/mol. The third kappa shape index (κ3) is 2.92. The van der Waals surface area contributed by atoms with Crippen LogP contribution < -0.4 is 5.32 Å². The van der Waals surface area contributed by atoms with E-state index in [0.29, 0.717) is 11.3 Å². The molecule has 5 nitrogen and oxygen atoms in total. The maximum atomic E-state index is 12.3. The zero-order chi connectivity index (χ0) is 14.7. The van der Waals surface area contributed by atoms with Crippen molar-refractivity contribution in [1.29, 1.82) is 0 Å². The van der Waals surface area contributed by atoms with Gasteiger partial charge in [0, 0.05) is 12.6 Å². The molecule has 1 aliphatic heterocycles. The van der Waals surface area contributed by atoms with Crippen molar-refractivity contribution in [2.24, 2.45) is 0 Å². The van der Waals surface area contributed by atoms with Crippen LogP contribution in [0.15, 0.2) is 18.2 Å². The van der Waals surface area contributed by atoms with Crippen LogP contribution in [0.4, 0.5) is 10.5 Å². The highest BCUT2D eigenvalue weighted by Crippen LogP contribution is 2.22. The second-order valence-corrected chi connectivity index (χ2v) is 5.27. The molecule has 1 heterocycles. The Balaban J connectivity index is 2.19. The fourth-order valence-electron chi connectivity index (χ4n) is 2.64. The number of carboxylic acids is 1. The number of hydrogen-bond donors (Lipinski definition) is 2. The highest BCUT2D eigenvalue weighted by atomic mass is 16.4. The van der Waals surface area contributed by atoms with E-state index in [1.807, 2.05) is 6.92 Å². The lowest BCUT2D eigenvalue weighted by Crippen LogP contribution is -2.44. The van der Waals surface area contributed by atoms with Gasteiger partial charge in [0.15, 0.2) is 0 Å². The quantitative estimate of drug-likeness (QED) is 0.872. The molecule has 2 rings (SSSR count). The Labute approximate surface area is 118 Å². The number of carbonyl (C=O) groups is 2. The number of nitrogens with zero attached hydrogens (tertiary/aromatic N) is 1. The molecule has 0 radical (unpaired) electrons. The average molecular weight is 276 g/mol. The molecule has 0 aromatic heterocycles. The number of carbonyl (C=O) groups excluding carboxylic acids is 1. The second-order valence-electron chi connectivity index (χ2n) is 5.27. The minimum atomic E-state index is -1.02. The predicted molar refractivity (Wildman–Crippen MR) is 77.2 cm³/mol. The standard InChI is InChI=1S/C15H20N2O3/c1-10-6-5-8-12(13(10)14(18)19)16-15(20)17-9-4-3-7-11(17)2/h5-6,8,11H,3-4,7,9H2,1-2H3,(H,16,20)(H,18,19). The summed E-state index contributed by atoms with van der Waals surface area (Å²) in [5, 5.41) is 12.0. The van der Waals surface area contributed by atoms with Gasteiger partial charge in [-0.15, -0.1) is 0 Å². The topological polar surface area (TPSA) is 69.6 Å². The van der Waals surface area contributed by atoms with Gasteiger partial charge in [-0.3, -0.25) is 0 Å². The number of aryl methyl sites for hydroxylation is 1. The number of urea groups is 1. The summed E-state index contributed by atoms with van der Waals surface area (Å²) in [6.45, 7) is 4.47. The average Bonchev–Trinajstić information content (AvgIpc) is 2.38. The van der Waals surface area contributed by atoms with Gasteiger partial charge in [0.1, 0.15) is 0 Å². The first-order valence-electron chi connectivity index (χ1n) is 6.91. The van der Waals surface area contributed by atoms with E-state index in [0.717, 1.165) is 25.8 Å². The monoisotopic (exact) mass is 276 g/mol. The molecule has 1 aliphatic rings. The summed E-state index contributed by atoms with van der Waals surface area (Å²) in [6, 6.07) is 5.08. The van der Waals surface area contributed by atoms with E-state index in [2.05, 4.69) is 5.32 Å². The molecule has 0 saturated carbocycles. The Morgan fingerprint density at radius 1 is 1.35 bits per heavy atom. The smallest absolute Gasteiger partial charge is 0.338 e. The predicted octanol–water partition coefficient (Wildman–Crippen LogP) is 3.10. The summed E-state index contributed by atoms with van der Waals surface area (Å²) in [5.74, 6) is -1.02. The lowest BCUT2D eigenvalue weighted by molar-refractivity contribution is 0.0697. The third-order valence-corrected chi connectivity index (χ3v) is 3.79. The molecule has 0 spiro atoms. The highest BCUT2D eigenvalue weighted by Gasteiger charge is 2.24. The zero-order valence-electron chi connectivity index (χ0n) is 11.8. The Hall–Kier alpha value is -2.04. The van der Waals surface area contributed by atoms with Crippen LogP contribution in [-0.4, -0.2) is 34.6 Å². The van der Waals surface area contributed by atoms with E-state index in [1.165, 1.54) is 0 Å². The lowest BCUT2D eigenvalue weighted by atomic mass is 10.0. The SMILES string of the molecule is Cc1cccc(NC(=O)N2CCCCC2C)c1C(=O)O. The number of likely N-dealkylation sites (tertiary alicyclic amines) is 1. The van der Waals surface area contributed by atoms with Crippen molar-refractivity contribution in [3.63, 3.8) is 0 Å². The number of anilines is 1. The first-order valence-corrected chi connectivity index (χ1v) is 6.91. The van der Waals surface area contributed by atoms with Gasteiger partial charge in [-0.25, -0.2) is 9.59 Å². The van der Waals surface area contributed by atoms with Crippen LogP contribution >= 0.6 is 0 Å². The van der Waals surface area contributed by atoms with Gasteiger partial charge in [-0.05, 0) is 44.7 Å². The van der Waals surface area contributed by atoms with E-state index in [1.54, 1.807) is 30.0 Å². The van der Waals surface area contributed by atoms with Gasteiger partial charge in [0.25, 0.3) is 0 Å². The number of hydrogen-bond acceptors (Lipinski definition) is 2. The largest absolute Gasteiger partial charge is 0.478 e. The summed E-state index contributed by atoms with van der Waals surface area (Å²) >= 11 is 0. The molecule has 20 heavy (non-hydrogen) atoms. The maximum Gasteiger partial charge on any atom is 0.338 e. The molecule has 0 aliphatic carbocycles. The maximum absolute atomic E-state index is 12.3. The Kier molecular flexibility index (Phi) is 4.27. The molecule has 1 aromatic carbocycles. The first-order chi connectivity index (χ1) is 9.50. The van der Waals surface area contributed by atoms with Gasteiger partial charge in [0.05, 0.1) is 11.3 Å². The second kappa shape index (κ2) is 5.94. The van der Waals surface area contributed by atoms with Crippen LogP contribution in [0.25, 0.3) is 0 Å². The van der Waals surface area contributed by atoms with E-state index in [-0.39, 0.29) is 17.6 Å². The van der Waals surface area contributed by atoms with Crippen molar-refractivity contribution in [3.8, 4) is 0 Å². The summed E-state index contributed by atoms with van der Waals surface area (Å²) in [7, 11) is 0. The van der Waals surface area contributed by atoms with Gasteiger partial charge < -0.3 is 15.3 Å². The molecule has 1 aromatic rings. The summed E-state index contributed by atoms with van der Waals surface area (Å²) in [4.78, 5) is 25.4. The number of aromatic carboxylic acids is 1. The van der Waals surface area contributed by atoms with E-state index < -0.39 is 5.97 Å². The van der Waals surface area contributed by atoms with Crippen molar-refractivity contribution < 1.29 is 14.7 Å². The third-order valence-electron chi connectivity index (χ3n) is 3.79. The van der Waals surface area contributed by atoms with E-state index in [4.69, 9.17) is 0 Å². The van der Waals surface area contributed by atoms with Crippen molar-refractivity contribution in [2.75, 3.05) is 11.9 Å². The number of amides is 2. The Morgan fingerprint density at radius 2 is 2.10 bits per heavy atom. The van der Waals surface area contributed by atoms with Gasteiger partial charge in [0.2, 0.25) is 0 Å². The minimum Gasteiger partial charge on any atom is -0.478 e. The molecule has 1 atom stereocenters. The molecule has 108 valence electrons. The number of nitrogens with one attached hydrogen (secondary N) is 1. The van der Waals surface area contributed by atoms with E-state index >= 15 is 0 Å². The van der Waals surface area contributed by atoms with Crippen LogP contribution in [0.2, 0.25) is 0 Å². The summed E-state index contributed by atoms with van der Waals surface area (Å²) in [5.41, 5.74) is 1.16. The van der Waals surface area contributed by atoms with Gasteiger partial charge in [-0.2, -0.15) is 0 Å². The molecular formula is C15H20N2O3. The molecule has 2 amide bonds. The van der Waals surface area contributed by atoms with Crippen LogP contribution in [0, 0.1) is 6.92 Å². The Morgan fingerprint density at radius 3 is 2.75 bits per heavy atom. The summed E-state index contributed by atoms with van der Waals surface area (Å²) in [6.07, 6.45) is 3.13. The molecule has 1 saturated heterocycles. The van der Waals surface area contributed by atoms with Gasteiger partial charge in [-0.1, -0.05) is 12.1 Å². The minimum absolute atomic E-state index is 0.158. The van der Waals surface area contributed by atoms with Crippen LogP contribution in [0.1, 0.15) is 42.1 Å². The van der Waals surface area contributed by atoms with Crippen LogP contribution in [0.3, 0.4) is 0 Å². The molecule has 0 bridgehead atoms. The Bertz CT molecular complexity index is 528. The lowest BCUT2D eigenvalue weighted by Gasteiger charge is -2.33. The number of carboxylic acid groups (broad SMARTS) is 1. The highest BCUT2D eigenvalue weighted by molar-refractivity contribution is 6.01. The van der Waals surface area contributed by atoms with Crippen molar-refractivity contribution in [2.45, 2.75) is 39.2 Å². The fraction of sp³-hybridized carbons (Fsp3) is 0.467. The zero-order valence-corrected chi connectivity index (χ0v) is 11.8.